The molecule has 0 aliphatic rings. The summed E-state index contributed by atoms with van der Waals surface area (Å²) in [7, 11) is -4.49. The molecule has 0 spiro atoms. The van der Waals surface area contributed by atoms with Crippen LogP contribution in [0.1, 0.15) is 108 Å². The van der Waals surface area contributed by atoms with Gasteiger partial charge in [0.1, 0.15) is 0 Å². The standard InChI is InChI=1S/C24H43O5P/c25-30(26,27)29-28-23-19-14-12-10-8-6-4-2-1-3-5-7-9-11-13-16-20-24-21-17-15-18-22-24/h15,17-18,21-22H,1-14,16,19-20,23H2,(H2,25,26,27). The van der Waals surface area contributed by atoms with Crippen molar-refractivity contribution in [2.75, 3.05) is 6.61 Å². The van der Waals surface area contributed by atoms with Gasteiger partial charge in [0, 0.05) is 0 Å². The zero-order valence-corrected chi connectivity index (χ0v) is 19.6. The lowest BCUT2D eigenvalue weighted by molar-refractivity contribution is -0.222. The molecular formula is C24H43O5P. The summed E-state index contributed by atoms with van der Waals surface area (Å²) in [5, 5.41) is 0. The molecule has 0 amide bonds. The maximum Gasteiger partial charge on any atom is 0.496 e. The average Bonchev–Trinajstić information content (AvgIpc) is 2.72. The highest BCUT2D eigenvalue weighted by atomic mass is 31.2. The monoisotopic (exact) mass is 442 g/mol. The summed E-state index contributed by atoms with van der Waals surface area (Å²) in [6.45, 7) is 0.235. The van der Waals surface area contributed by atoms with Gasteiger partial charge in [0.25, 0.3) is 0 Å². The smallest absolute Gasteiger partial charge is 0.301 e. The quantitative estimate of drug-likeness (QED) is 0.0891. The second-order valence-corrected chi connectivity index (χ2v) is 9.41. The van der Waals surface area contributed by atoms with E-state index in [1.54, 1.807) is 0 Å². The van der Waals surface area contributed by atoms with Crippen LogP contribution in [0.3, 0.4) is 0 Å². The zero-order chi connectivity index (χ0) is 21.8. The lowest BCUT2D eigenvalue weighted by atomic mass is 10.0. The lowest BCUT2D eigenvalue weighted by Gasteiger charge is -2.05. The Hall–Kier alpha value is -0.710. The van der Waals surface area contributed by atoms with Crippen LogP contribution < -0.4 is 0 Å². The Morgan fingerprint density at radius 2 is 1.00 bits per heavy atom. The molecule has 0 radical (unpaired) electrons. The highest BCUT2D eigenvalue weighted by Crippen LogP contribution is 2.35. The molecule has 1 aromatic carbocycles. The number of benzene rings is 1. The average molecular weight is 443 g/mol. The SMILES string of the molecule is O=P(O)(O)OOCCCCCCCCCCCCCCCCCCc1ccccc1. The van der Waals surface area contributed by atoms with E-state index in [0.29, 0.717) is 0 Å². The Bertz CT molecular complexity index is 532. The zero-order valence-electron chi connectivity index (χ0n) is 18.7. The van der Waals surface area contributed by atoms with Crippen molar-refractivity contribution in [3.8, 4) is 0 Å². The van der Waals surface area contributed by atoms with Crippen LogP contribution in [0.2, 0.25) is 0 Å². The van der Waals surface area contributed by atoms with Crippen LogP contribution in [0.25, 0.3) is 0 Å². The summed E-state index contributed by atoms with van der Waals surface area (Å²) < 4.78 is 14.3. The van der Waals surface area contributed by atoms with Gasteiger partial charge in [-0.15, -0.1) is 4.67 Å². The molecule has 0 fully saturated rings. The molecule has 1 aromatic rings. The van der Waals surface area contributed by atoms with Crippen LogP contribution in [0, 0.1) is 0 Å². The molecule has 0 saturated heterocycles. The molecule has 30 heavy (non-hydrogen) atoms. The summed E-state index contributed by atoms with van der Waals surface area (Å²) in [5.41, 5.74) is 1.47. The molecule has 6 heteroatoms. The Labute approximate surface area is 183 Å². The molecule has 0 aromatic heterocycles. The van der Waals surface area contributed by atoms with Crippen molar-refractivity contribution >= 4 is 7.82 Å². The molecule has 0 atom stereocenters. The lowest BCUT2D eigenvalue weighted by Crippen LogP contribution is -1.95. The van der Waals surface area contributed by atoms with Gasteiger partial charge in [0.05, 0.1) is 6.61 Å². The van der Waals surface area contributed by atoms with Crippen molar-refractivity contribution in [1.82, 2.24) is 0 Å². The van der Waals surface area contributed by atoms with Crippen LogP contribution in [-0.4, -0.2) is 16.4 Å². The Kier molecular flexibility index (Phi) is 17.3. The van der Waals surface area contributed by atoms with Crippen molar-refractivity contribution in [1.29, 1.82) is 0 Å². The van der Waals surface area contributed by atoms with E-state index < -0.39 is 7.82 Å². The predicted molar refractivity (Wildman–Crippen MR) is 123 cm³/mol. The van der Waals surface area contributed by atoms with Crippen LogP contribution in [0.4, 0.5) is 0 Å². The molecule has 174 valence electrons. The van der Waals surface area contributed by atoms with E-state index in [-0.39, 0.29) is 6.61 Å². The maximum absolute atomic E-state index is 10.4. The minimum absolute atomic E-state index is 0.235. The highest BCUT2D eigenvalue weighted by Gasteiger charge is 2.14. The van der Waals surface area contributed by atoms with Crippen LogP contribution in [-0.2, 0) is 20.5 Å². The van der Waals surface area contributed by atoms with Crippen molar-refractivity contribution in [3.05, 3.63) is 35.9 Å². The number of hydrogen-bond donors (Lipinski definition) is 2. The van der Waals surface area contributed by atoms with Gasteiger partial charge in [0.15, 0.2) is 0 Å². The third kappa shape index (κ3) is 19.3. The highest BCUT2D eigenvalue weighted by molar-refractivity contribution is 7.46. The van der Waals surface area contributed by atoms with Crippen molar-refractivity contribution < 1.29 is 23.9 Å². The molecule has 0 unspecified atom stereocenters. The first-order valence-electron chi connectivity index (χ1n) is 12.0. The fourth-order valence-electron chi connectivity index (χ4n) is 3.72. The second kappa shape index (κ2) is 19.0. The van der Waals surface area contributed by atoms with Gasteiger partial charge in [-0.2, -0.15) is 0 Å². The molecule has 0 heterocycles. The molecule has 1 rings (SSSR count). The number of unbranched alkanes of at least 4 members (excludes halogenated alkanes) is 15. The van der Waals surface area contributed by atoms with E-state index >= 15 is 0 Å². The largest absolute Gasteiger partial charge is 0.496 e. The summed E-state index contributed by atoms with van der Waals surface area (Å²) in [5.74, 6) is 0. The first-order chi connectivity index (χ1) is 14.6. The van der Waals surface area contributed by atoms with E-state index in [4.69, 9.17) is 9.79 Å². The van der Waals surface area contributed by atoms with Crippen LogP contribution in [0.5, 0.6) is 0 Å². The first kappa shape index (κ1) is 27.3. The fourth-order valence-corrected chi connectivity index (χ4v) is 3.93. The molecule has 5 nitrogen and oxygen atoms in total. The molecule has 0 bridgehead atoms. The molecule has 0 aliphatic heterocycles. The minimum Gasteiger partial charge on any atom is -0.301 e. The third-order valence-electron chi connectivity index (χ3n) is 5.44. The van der Waals surface area contributed by atoms with Crippen LogP contribution in [0.15, 0.2) is 30.3 Å². The molecule has 0 aliphatic carbocycles. The topological polar surface area (TPSA) is 76.0 Å². The molecule has 2 N–H and O–H groups in total. The fraction of sp³-hybridized carbons (Fsp3) is 0.750. The Balaban J connectivity index is 1.68. The summed E-state index contributed by atoms with van der Waals surface area (Å²) in [6, 6.07) is 10.8. The third-order valence-corrected chi connectivity index (χ3v) is 5.74. The van der Waals surface area contributed by atoms with Crippen molar-refractivity contribution in [2.24, 2.45) is 0 Å². The van der Waals surface area contributed by atoms with Gasteiger partial charge < -0.3 is 9.79 Å². The summed E-state index contributed by atoms with van der Waals surface area (Å²) in [6.07, 6.45) is 21.7. The normalized spacial score (nSPS) is 11.8. The van der Waals surface area contributed by atoms with E-state index in [0.717, 1.165) is 19.3 Å². The first-order valence-corrected chi connectivity index (χ1v) is 13.5. The Morgan fingerprint density at radius 3 is 1.43 bits per heavy atom. The van der Waals surface area contributed by atoms with Gasteiger partial charge in [-0.1, -0.05) is 120 Å². The number of phosphoric acid groups is 1. The van der Waals surface area contributed by atoms with Gasteiger partial charge in [-0.05, 0) is 24.8 Å². The maximum atomic E-state index is 10.4. The van der Waals surface area contributed by atoms with E-state index in [1.807, 2.05) is 0 Å². The molecular weight excluding hydrogens is 399 g/mol. The number of hydrogen-bond acceptors (Lipinski definition) is 3. The van der Waals surface area contributed by atoms with Gasteiger partial charge in [-0.25, -0.2) is 9.45 Å². The Morgan fingerprint density at radius 1 is 0.600 bits per heavy atom. The van der Waals surface area contributed by atoms with Crippen molar-refractivity contribution in [3.63, 3.8) is 0 Å². The predicted octanol–water partition coefficient (Wildman–Crippen LogP) is 7.51. The van der Waals surface area contributed by atoms with Crippen LogP contribution >= 0.6 is 7.82 Å². The van der Waals surface area contributed by atoms with Gasteiger partial charge in [0.2, 0.25) is 0 Å². The summed E-state index contributed by atoms with van der Waals surface area (Å²) in [4.78, 5) is 21.4. The van der Waals surface area contributed by atoms with E-state index in [1.165, 1.54) is 95.5 Å². The van der Waals surface area contributed by atoms with E-state index in [9.17, 15) is 4.57 Å². The second-order valence-electron chi connectivity index (χ2n) is 8.28. The number of rotatable bonds is 21. The van der Waals surface area contributed by atoms with Gasteiger partial charge in [-0.3, -0.25) is 0 Å². The van der Waals surface area contributed by atoms with Gasteiger partial charge >= 0.3 is 7.82 Å². The summed E-state index contributed by atoms with van der Waals surface area (Å²) >= 11 is 0. The minimum atomic E-state index is -4.49. The number of aryl methyl sites for hydroxylation is 1. The van der Waals surface area contributed by atoms with E-state index in [2.05, 4.69) is 39.9 Å². The van der Waals surface area contributed by atoms with Crippen molar-refractivity contribution in [2.45, 2.75) is 109 Å². The molecule has 0 saturated carbocycles.